The van der Waals surface area contributed by atoms with Crippen LogP contribution in [0.1, 0.15) is 6.92 Å². The second kappa shape index (κ2) is 6.06. The normalized spacial score (nSPS) is 14.6. The van der Waals surface area contributed by atoms with Crippen molar-refractivity contribution in [3.05, 3.63) is 90.2 Å². The van der Waals surface area contributed by atoms with Crippen molar-refractivity contribution in [2.45, 2.75) is 12.6 Å². The summed E-state index contributed by atoms with van der Waals surface area (Å²) < 4.78 is 0. The molecule has 0 nitrogen and oxygen atoms in total. The molecule has 3 rings (SSSR count). The van der Waals surface area contributed by atoms with Crippen LogP contribution in [0, 0.1) is 0 Å². The lowest BCUT2D eigenvalue weighted by Gasteiger charge is -2.25. The van der Waals surface area contributed by atoms with Crippen LogP contribution in [0.25, 0.3) is 0 Å². The molecule has 0 N–H and O–H groups in total. The Labute approximate surface area is 121 Å². The van der Waals surface area contributed by atoms with E-state index in [0.717, 1.165) is 0 Å². The van der Waals surface area contributed by atoms with Gasteiger partial charge in [0.25, 0.3) is 0 Å². The molecule has 0 spiro atoms. The van der Waals surface area contributed by atoms with Crippen molar-refractivity contribution in [3.63, 3.8) is 0 Å². The van der Waals surface area contributed by atoms with Gasteiger partial charge >= 0.3 is 0 Å². The molecule has 0 radical (unpaired) electrons. The van der Waals surface area contributed by atoms with Gasteiger partial charge in [0.2, 0.25) is 0 Å². The Bertz CT molecular complexity index is 622. The molecule has 0 aromatic heterocycles. The second-order valence-electron chi connectivity index (χ2n) is 4.84. The summed E-state index contributed by atoms with van der Waals surface area (Å²) in [5, 5.41) is 2.85. The van der Waals surface area contributed by atoms with Crippen molar-refractivity contribution < 1.29 is 0 Å². The number of rotatable bonds is 4. The Morgan fingerprint density at radius 3 is 1.85 bits per heavy atom. The molecule has 0 amide bonds. The van der Waals surface area contributed by atoms with Crippen molar-refractivity contribution in [2.24, 2.45) is 0 Å². The van der Waals surface area contributed by atoms with E-state index in [1.165, 1.54) is 16.2 Å². The summed E-state index contributed by atoms with van der Waals surface area (Å²) in [5.74, 6) is 0. The van der Waals surface area contributed by atoms with E-state index in [0.29, 0.717) is 5.66 Å². The largest absolute Gasteiger partial charge is 0.117 e. The van der Waals surface area contributed by atoms with Crippen LogP contribution in [-0.2, 0) is 0 Å². The van der Waals surface area contributed by atoms with Crippen molar-refractivity contribution in [1.29, 1.82) is 0 Å². The molecule has 0 fully saturated rings. The first kappa shape index (κ1) is 13.1. The summed E-state index contributed by atoms with van der Waals surface area (Å²) in [6, 6.07) is 21.7. The SMILES string of the molecule is C[C@H](C1=C=CC=C1)P(c1ccccc1)c1ccccc1. The summed E-state index contributed by atoms with van der Waals surface area (Å²) >= 11 is 0. The van der Waals surface area contributed by atoms with Crippen LogP contribution < -0.4 is 10.6 Å². The highest BCUT2D eigenvalue weighted by Gasteiger charge is 2.23. The average Bonchev–Trinajstić information content (AvgIpc) is 3.04. The lowest BCUT2D eigenvalue weighted by molar-refractivity contribution is 1.17. The van der Waals surface area contributed by atoms with Crippen LogP contribution in [0.2, 0.25) is 0 Å². The molecule has 0 unspecified atom stereocenters. The van der Waals surface area contributed by atoms with Crippen LogP contribution in [0.15, 0.2) is 90.2 Å². The van der Waals surface area contributed by atoms with Gasteiger partial charge in [0, 0.05) is 11.2 Å². The maximum absolute atomic E-state index is 3.37. The highest BCUT2D eigenvalue weighted by atomic mass is 31.1. The quantitative estimate of drug-likeness (QED) is 0.581. The Morgan fingerprint density at radius 2 is 1.40 bits per heavy atom. The van der Waals surface area contributed by atoms with Crippen molar-refractivity contribution in [2.75, 3.05) is 0 Å². The fraction of sp³-hybridized carbons (Fsp3) is 0.105. The van der Waals surface area contributed by atoms with Crippen LogP contribution in [-0.4, -0.2) is 5.66 Å². The fourth-order valence-corrected chi connectivity index (χ4v) is 5.13. The van der Waals surface area contributed by atoms with Gasteiger partial charge in [-0.1, -0.05) is 79.7 Å². The predicted octanol–water partition coefficient (Wildman–Crippen LogP) is 4.16. The minimum absolute atomic E-state index is 0.394. The Hall–Kier alpha value is -1.87. The van der Waals surface area contributed by atoms with E-state index >= 15 is 0 Å². The summed E-state index contributed by atoms with van der Waals surface area (Å²) in [4.78, 5) is 0. The third kappa shape index (κ3) is 2.68. The third-order valence-electron chi connectivity index (χ3n) is 3.53. The summed E-state index contributed by atoms with van der Waals surface area (Å²) in [7, 11) is -0.394. The molecule has 0 aliphatic heterocycles. The molecule has 1 atom stereocenters. The number of benzene rings is 2. The highest BCUT2D eigenvalue weighted by molar-refractivity contribution is 7.73. The first-order valence-electron chi connectivity index (χ1n) is 6.89. The Morgan fingerprint density at radius 1 is 0.850 bits per heavy atom. The van der Waals surface area contributed by atoms with Gasteiger partial charge in [0.15, 0.2) is 0 Å². The molecule has 1 heteroatoms. The first-order chi connectivity index (χ1) is 9.86. The van der Waals surface area contributed by atoms with E-state index in [9.17, 15) is 0 Å². The fourth-order valence-electron chi connectivity index (χ4n) is 2.52. The van der Waals surface area contributed by atoms with Gasteiger partial charge in [-0.15, -0.1) is 5.73 Å². The number of hydrogen-bond donors (Lipinski definition) is 0. The summed E-state index contributed by atoms with van der Waals surface area (Å²) in [6.45, 7) is 2.32. The van der Waals surface area contributed by atoms with Gasteiger partial charge in [-0.25, -0.2) is 0 Å². The second-order valence-corrected chi connectivity index (χ2v) is 7.39. The molecular weight excluding hydrogens is 259 g/mol. The first-order valence-corrected chi connectivity index (χ1v) is 8.30. The predicted molar refractivity (Wildman–Crippen MR) is 89.3 cm³/mol. The van der Waals surface area contributed by atoms with Crippen LogP contribution in [0.5, 0.6) is 0 Å². The van der Waals surface area contributed by atoms with Gasteiger partial charge < -0.3 is 0 Å². The minimum atomic E-state index is -0.394. The molecule has 98 valence electrons. The number of hydrogen-bond acceptors (Lipinski definition) is 0. The molecule has 0 saturated heterocycles. The molecule has 20 heavy (non-hydrogen) atoms. The maximum Gasteiger partial charge on any atom is 0.0167 e. The standard InChI is InChI=1S/C19H17P/c1-16(17-10-8-9-11-17)20(18-12-4-2-5-13-18)19-14-6-3-7-15-19/h2-10,12-16H,1H3/t16-/m1/s1. The highest BCUT2D eigenvalue weighted by Crippen LogP contribution is 2.43. The minimum Gasteiger partial charge on any atom is -0.117 e. The van der Waals surface area contributed by atoms with Gasteiger partial charge in [-0.3, -0.25) is 0 Å². The van der Waals surface area contributed by atoms with E-state index in [-0.39, 0.29) is 0 Å². The molecule has 1 aliphatic carbocycles. The zero-order valence-electron chi connectivity index (χ0n) is 11.5. The lowest BCUT2D eigenvalue weighted by atomic mass is 10.2. The van der Waals surface area contributed by atoms with Crippen LogP contribution >= 0.6 is 7.92 Å². The van der Waals surface area contributed by atoms with Gasteiger partial charge in [0.05, 0.1) is 0 Å². The van der Waals surface area contributed by atoms with Crippen LogP contribution in [0.3, 0.4) is 0 Å². The molecule has 1 aliphatic rings. The van der Waals surface area contributed by atoms with Gasteiger partial charge in [-0.05, 0) is 24.6 Å². The zero-order chi connectivity index (χ0) is 13.8. The molecule has 2 aromatic rings. The Kier molecular flexibility index (Phi) is 3.97. The number of allylic oxidation sites excluding steroid dienone is 3. The van der Waals surface area contributed by atoms with E-state index in [1.54, 1.807) is 0 Å². The molecule has 0 saturated carbocycles. The molecule has 2 aromatic carbocycles. The smallest absolute Gasteiger partial charge is 0.0167 e. The molecule has 0 heterocycles. The van der Waals surface area contributed by atoms with Crippen LogP contribution in [0.4, 0.5) is 0 Å². The van der Waals surface area contributed by atoms with Crippen molar-refractivity contribution in [3.8, 4) is 0 Å². The van der Waals surface area contributed by atoms with E-state index < -0.39 is 7.92 Å². The zero-order valence-corrected chi connectivity index (χ0v) is 12.4. The molecule has 0 bridgehead atoms. The van der Waals surface area contributed by atoms with Crippen molar-refractivity contribution in [1.82, 2.24) is 0 Å². The third-order valence-corrected chi connectivity index (χ3v) is 6.29. The van der Waals surface area contributed by atoms with E-state index in [1.807, 2.05) is 6.08 Å². The van der Waals surface area contributed by atoms with Gasteiger partial charge in [0.1, 0.15) is 0 Å². The van der Waals surface area contributed by atoms with Gasteiger partial charge in [-0.2, -0.15) is 0 Å². The Balaban J connectivity index is 2.04. The average molecular weight is 276 g/mol. The van der Waals surface area contributed by atoms with E-state index in [2.05, 4.69) is 85.5 Å². The maximum atomic E-state index is 3.37. The van der Waals surface area contributed by atoms with E-state index in [4.69, 9.17) is 0 Å². The monoisotopic (exact) mass is 276 g/mol. The summed E-state index contributed by atoms with van der Waals surface area (Å²) in [6.07, 6.45) is 6.27. The summed E-state index contributed by atoms with van der Waals surface area (Å²) in [5.41, 5.74) is 5.16. The molecular formula is C19H17P. The topological polar surface area (TPSA) is 0 Å². The lowest BCUT2D eigenvalue weighted by Crippen LogP contribution is -2.20. The van der Waals surface area contributed by atoms with Crippen molar-refractivity contribution >= 4 is 18.5 Å².